The molecule has 1 aromatic carbocycles. The molecule has 2 N–H and O–H groups in total. The Kier molecular flexibility index (Phi) is 6.38. The molecule has 0 heterocycles. The van der Waals surface area contributed by atoms with Gasteiger partial charge in [-0.25, -0.2) is 0 Å². The van der Waals surface area contributed by atoms with E-state index in [1.54, 1.807) is 7.05 Å². The van der Waals surface area contributed by atoms with Gasteiger partial charge in [-0.3, -0.25) is 4.99 Å². The van der Waals surface area contributed by atoms with Crippen LogP contribution in [0.4, 0.5) is 0 Å². The van der Waals surface area contributed by atoms with Gasteiger partial charge in [0.1, 0.15) is 12.4 Å². The minimum absolute atomic E-state index is 0.631. The van der Waals surface area contributed by atoms with Gasteiger partial charge in [0.05, 0.1) is 6.54 Å². The molecule has 0 amide bonds. The van der Waals surface area contributed by atoms with Gasteiger partial charge in [0, 0.05) is 13.6 Å². The van der Waals surface area contributed by atoms with Crippen molar-refractivity contribution < 1.29 is 4.74 Å². The molecule has 1 aliphatic rings. The number of nitrogens with one attached hydrogen (secondary N) is 2. The number of rotatable bonds is 8. The lowest BCUT2D eigenvalue weighted by Gasteiger charge is -2.12. The number of hydrogen-bond donors (Lipinski definition) is 2. The van der Waals surface area contributed by atoms with Crippen molar-refractivity contribution in [3.63, 3.8) is 0 Å². The molecule has 0 aromatic heterocycles. The molecule has 1 aliphatic carbocycles. The second kappa shape index (κ2) is 8.55. The van der Waals surface area contributed by atoms with Gasteiger partial charge < -0.3 is 15.4 Å². The van der Waals surface area contributed by atoms with E-state index in [0.717, 1.165) is 30.7 Å². The number of ether oxygens (including phenoxy) is 1. The maximum atomic E-state index is 5.68. The summed E-state index contributed by atoms with van der Waals surface area (Å²) in [6.07, 6.45) is 5.44. The van der Waals surface area contributed by atoms with Crippen molar-refractivity contribution >= 4 is 5.96 Å². The van der Waals surface area contributed by atoms with Crippen molar-refractivity contribution in [1.82, 2.24) is 10.6 Å². The van der Waals surface area contributed by atoms with Crippen molar-refractivity contribution in [3.8, 4) is 5.75 Å². The molecule has 0 unspecified atom stereocenters. The SMILES string of the molecule is CN=C(NCCCC1CC1)NCCOc1ccc(C)cc1. The average Bonchev–Trinajstić information content (AvgIpc) is 3.31. The first kappa shape index (κ1) is 15.7. The number of benzene rings is 1. The lowest BCUT2D eigenvalue weighted by Crippen LogP contribution is -2.39. The zero-order chi connectivity index (χ0) is 14.9. The summed E-state index contributed by atoms with van der Waals surface area (Å²) in [5.74, 6) is 2.78. The molecule has 0 radical (unpaired) electrons. The topological polar surface area (TPSA) is 45.7 Å². The van der Waals surface area contributed by atoms with Gasteiger partial charge in [0.15, 0.2) is 5.96 Å². The highest BCUT2D eigenvalue weighted by atomic mass is 16.5. The van der Waals surface area contributed by atoms with Crippen LogP contribution in [0.2, 0.25) is 0 Å². The third kappa shape index (κ3) is 6.52. The summed E-state index contributed by atoms with van der Waals surface area (Å²) in [7, 11) is 1.80. The molecule has 4 nitrogen and oxygen atoms in total. The fraction of sp³-hybridized carbons (Fsp3) is 0.588. The molecular formula is C17H27N3O. The number of aryl methyl sites for hydroxylation is 1. The van der Waals surface area contributed by atoms with E-state index in [1.807, 2.05) is 12.1 Å². The molecule has 1 saturated carbocycles. The van der Waals surface area contributed by atoms with E-state index in [9.17, 15) is 0 Å². The van der Waals surface area contributed by atoms with Gasteiger partial charge in [-0.15, -0.1) is 0 Å². The molecule has 0 bridgehead atoms. The van der Waals surface area contributed by atoms with Crippen LogP contribution >= 0.6 is 0 Å². The Morgan fingerprint density at radius 2 is 1.90 bits per heavy atom. The van der Waals surface area contributed by atoms with Crippen LogP contribution in [0, 0.1) is 12.8 Å². The molecule has 21 heavy (non-hydrogen) atoms. The van der Waals surface area contributed by atoms with Gasteiger partial charge in [-0.05, 0) is 37.8 Å². The molecule has 1 fully saturated rings. The molecule has 2 rings (SSSR count). The Morgan fingerprint density at radius 3 is 2.57 bits per heavy atom. The van der Waals surface area contributed by atoms with Gasteiger partial charge in [-0.1, -0.05) is 30.5 Å². The number of nitrogens with zero attached hydrogens (tertiary/aromatic N) is 1. The molecule has 0 spiro atoms. The van der Waals surface area contributed by atoms with Crippen LogP contribution in [0.25, 0.3) is 0 Å². The number of aliphatic imine (C=N–C) groups is 1. The second-order valence-corrected chi connectivity index (χ2v) is 5.67. The normalized spacial score (nSPS) is 14.9. The predicted octanol–water partition coefficient (Wildman–Crippen LogP) is 2.73. The van der Waals surface area contributed by atoms with Crippen LogP contribution in [-0.4, -0.2) is 32.7 Å². The summed E-state index contributed by atoms with van der Waals surface area (Å²) in [5, 5.41) is 6.61. The zero-order valence-corrected chi connectivity index (χ0v) is 13.2. The standard InChI is InChI=1S/C17H27N3O/c1-14-5-9-16(10-6-14)21-13-12-20-17(18-2)19-11-3-4-15-7-8-15/h5-6,9-10,15H,3-4,7-8,11-13H2,1-2H3,(H2,18,19,20). The molecule has 116 valence electrons. The summed E-state index contributed by atoms with van der Waals surface area (Å²) in [6.45, 7) is 4.45. The average molecular weight is 289 g/mol. The van der Waals surface area contributed by atoms with E-state index < -0.39 is 0 Å². The largest absolute Gasteiger partial charge is 0.492 e. The van der Waals surface area contributed by atoms with E-state index in [0.29, 0.717) is 6.61 Å². The first-order valence-corrected chi connectivity index (χ1v) is 7.92. The van der Waals surface area contributed by atoms with Crippen molar-refractivity contribution in [2.24, 2.45) is 10.9 Å². The maximum Gasteiger partial charge on any atom is 0.191 e. The van der Waals surface area contributed by atoms with Crippen LogP contribution in [0.15, 0.2) is 29.3 Å². The van der Waals surface area contributed by atoms with E-state index in [2.05, 4.69) is 34.7 Å². The fourth-order valence-corrected chi connectivity index (χ4v) is 2.20. The Balaban J connectivity index is 1.53. The maximum absolute atomic E-state index is 5.68. The minimum atomic E-state index is 0.631. The van der Waals surface area contributed by atoms with E-state index in [-0.39, 0.29) is 0 Å². The monoisotopic (exact) mass is 289 g/mol. The molecule has 0 saturated heterocycles. The van der Waals surface area contributed by atoms with Crippen molar-refractivity contribution in [1.29, 1.82) is 0 Å². The molecule has 4 heteroatoms. The summed E-state index contributed by atoms with van der Waals surface area (Å²) in [4.78, 5) is 4.22. The van der Waals surface area contributed by atoms with E-state index in [4.69, 9.17) is 4.74 Å². The first-order valence-electron chi connectivity index (χ1n) is 7.92. The zero-order valence-electron chi connectivity index (χ0n) is 13.2. The highest BCUT2D eigenvalue weighted by Crippen LogP contribution is 2.33. The number of guanidine groups is 1. The Hall–Kier alpha value is -1.71. The van der Waals surface area contributed by atoms with Crippen LogP contribution in [0.3, 0.4) is 0 Å². The molecule has 0 aliphatic heterocycles. The quantitative estimate of drug-likeness (QED) is 0.439. The molecular weight excluding hydrogens is 262 g/mol. The lowest BCUT2D eigenvalue weighted by atomic mass is 10.2. The van der Waals surface area contributed by atoms with Gasteiger partial charge in [0.25, 0.3) is 0 Å². The highest BCUT2D eigenvalue weighted by molar-refractivity contribution is 5.79. The Labute approximate surface area is 128 Å². The van der Waals surface area contributed by atoms with E-state index >= 15 is 0 Å². The minimum Gasteiger partial charge on any atom is -0.492 e. The first-order chi connectivity index (χ1) is 10.3. The molecule has 1 aromatic rings. The third-order valence-electron chi connectivity index (χ3n) is 3.69. The van der Waals surface area contributed by atoms with Crippen molar-refractivity contribution in [2.45, 2.75) is 32.6 Å². The third-order valence-corrected chi connectivity index (χ3v) is 3.69. The van der Waals surface area contributed by atoms with Crippen molar-refractivity contribution in [3.05, 3.63) is 29.8 Å². The number of hydrogen-bond acceptors (Lipinski definition) is 2. The van der Waals surface area contributed by atoms with Crippen LogP contribution < -0.4 is 15.4 Å². The van der Waals surface area contributed by atoms with E-state index in [1.165, 1.54) is 31.2 Å². The van der Waals surface area contributed by atoms with Crippen LogP contribution in [0.1, 0.15) is 31.2 Å². The van der Waals surface area contributed by atoms with Gasteiger partial charge in [-0.2, -0.15) is 0 Å². The smallest absolute Gasteiger partial charge is 0.191 e. The van der Waals surface area contributed by atoms with Gasteiger partial charge >= 0.3 is 0 Å². The fourth-order valence-electron chi connectivity index (χ4n) is 2.20. The van der Waals surface area contributed by atoms with Crippen LogP contribution in [0.5, 0.6) is 5.75 Å². The highest BCUT2D eigenvalue weighted by Gasteiger charge is 2.19. The Bertz CT molecular complexity index is 438. The predicted molar refractivity (Wildman–Crippen MR) is 88.0 cm³/mol. The summed E-state index contributed by atoms with van der Waals surface area (Å²) >= 11 is 0. The summed E-state index contributed by atoms with van der Waals surface area (Å²) in [5.41, 5.74) is 1.25. The summed E-state index contributed by atoms with van der Waals surface area (Å²) < 4.78 is 5.68. The second-order valence-electron chi connectivity index (χ2n) is 5.67. The summed E-state index contributed by atoms with van der Waals surface area (Å²) in [6, 6.07) is 8.12. The van der Waals surface area contributed by atoms with Crippen LogP contribution in [-0.2, 0) is 0 Å². The lowest BCUT2D eigenvalue weighted by molar-refractivity contribution is 0.322. The molecule has 0 atom stereocenters. The van der Waals surface area contributed by atoms with Gasteiger partial charge in [0.2, 0.25) is 0 Å². The Morgan fingerprint density at radius 1 is 1.19 bits per heavy atom. The van der Waals surface area contributed by atoms with Crippen molar-refractivity contribution in [2.75, 3.05) is 26.7 Å².